The number of aryl methyl sites for hydroxylation is 1. The van der Waals surface area contributed by atoms with Gasteiger partial charge in [-0.15, -0.1) is 0 Å². The maximum Gasteiger partial charge on any atom is 0.303 e. The average molecular weight is 360 g/mol. The molecular weight excluding hydrogens is 340 g/mol. The van der Waals surface area contributed by atoms with Crippen LogP contribution in [-0.4, -0.2) is 24.6 Å². The molecule has 1 atom stereocenters. The van der Waals surface area contributed by atoms with Crippen molar-refractivity contribution in [2.45, 2.75) is 30.8 Å². The second-order valence-electron chi connectivity index (χ2n) is 5.67. The molecule has 1 unspecified atom stereocenters. The normalized spacial score (nSPS) is 13.4. The van der Waals surface area contributed by atoms with Gasteiger partial charge in [-0.25, -0.2) is 8.42 Å². The standard InChI is InChI=1S/C19H20O5S/c1-14-10-12-16(13-11-14)25(23,24)17(8-5-9-18(20)21)19(22)15-6-3-2-4-7-15/h2-4,6-8,10-13,19,22H,5,9H2,1H3,(H,20,21)/b17-8+. The number of hydrogen-bond acceptors (Lipinski definition) is 4. The Morgan fingerprint density at radius 3 is 2.24 bits per heavy atom. The van der Waals surface area contributed by atoms with Gasteiger partial charge >= 0.3 is 5.97 Å². The molecule has 0 spiro atoms. The summed E-state index contributed by atoms with van der Waals surface area (Å²) in [7, 11) is -3.94. The van der Waals surface area contributed by atoms with Crippen LogP contribution >= 0.6 is 0 Å². The number of aliphatic hydroxyl groups is 1. The van der Waals surface area contributed by atoms with Crippen molar-refractivity contribution >= 4 is 15.8 Å². The summed E-state index contributed by atoms with van der Waals surface area (Å²) in [6, 6.07) is 14.7. The lowest BCUT2D eigenvalue weighted by Crippen LogP contribution is -2.13. The predicted molar refractivity (Wildman–Crippen MR) is 94.7 cm³/mol. The summed E-state index contributed by atoms with van der Waals surface area (Å²) < 4.78 is 25.9. The van der Waals surface area contributed by atoms with Gasteiger partial charge in [0.15, 0.2) is 0 Å². The highest BCUT2D eigenvalue weighted by Crippen LogP contribution is 2.31. The Hall–Kier alpha value is -2.44. The molecule has 0 aliphatic heterocycles. The van der Waals surface area contributed by atoms with Gasteiger partial charge in [-0.05, 0) is 31.0 Å². The van der Waals surface area contributed by atoms with Gasteiger partial charge < -0.3 is 10.2 Å². The molecule has 2 aromatic carbocycles. The Morgan fingerprint density at radius 1 is 1.08 bits per heavy atom. The number of carboxylic acids is 1. The highest BCUT2D eigenvalue weighted by molar-refractivity contribution is 7.95. The van der Waals surface area contributed by atoms with Gasteiger partial charge in [-0.3, -0.25) is 4.79 Å². The topological polar surface area (TPSA) is 91.7 Å². The molecule has 0 bridgehead atoms. The molecule has 0 saturated heterocycles. The monoisotopic (exact) mass is 360 g/mol. The smallest absolute Gasteiger partial charge is 0.303 e. The van der Waals surface area contributed by atoms with Crippen LogP contribution < -0.4 is 0 Å². The fourth-order valence-corrected chi connectivity index (χ4v) is 3.89. The van der Waals surface area contributed by atoms with Gasteiger partial charge in [0.1, 0.15) is 6.10 Å². The molecular formula is C19H20O5S. The Bertz CT molecular complexity index is 852. The third kappa shape index (κ3) is 4.78. The Morgan fingerprint density at radius 2 is 1.68 bits per heavy atom. The molecule has 0 fully saturated rings. The molecule has 6 heteroatoms. The summed E-state index contributed by atoms with van der Waals surface area (Å²) in [6.45, 7) is 1.85. The molecule has 25 heavy (non-hydrogen) atoms. The quantitative estimate of drug-likeness (QED) is 0.791. The first-order valence-corrected chi connectivity index (χ1v) is 9.27. The van der Waals surface area contributed by atoms with Gasteiger partial charge in [0.05, 0.1) is 9.80 Å². The summed E-state index contributed by atoms with van der Waals surface area (Å²) in [5.41, 5.74) is 1.35. The van der Waals surface area contributed by atoms with E-state index in [2.05, 4.69) is 0 Å². The molecule has 0 aliphatic carbocycles. The molecule has 132 valence electrons. The molecule has 5 nitrogen and oxygen atoms in total. The third-order valence-electron chi connectivity index (χ3n) is 3.73. The van der Waals surface area contributed by atoms with Crippen LogP contribution in [0.25, 0.3) is 0 Å². The first-order valence-electron chi connectivity index (χ1n) is 7.79. The van der Waals surface area contributed by atoms with Gasteiger partial charge in [0.2, 0.25) is 9.84 Å². The molecule has 0 radical (unpaired) electrons. The van der Waals surface area contributed by atoms with Crippen LogP contribution in [0.4, 0.5) is 0 Å². The van der Waals surface area contributed by atoms with Gasteiger partial charge in [0, 0.05) is 6.42 Å². The zero-order chi connectivity index (χ0) is 18.4. The number of aliphatic carboxylic acids is 1. The molecule has 0 amide bonds. The summed E-state index contributed by atoms with van der Waals surface area (Å²) in [5.74, 6) is -1.03. The Kier molecular flexibility index (Phi) is 6.12. The number of aliphatic hydroxyl groups excluding tert-OH is 1. The van der Waals surface area contributed by atoms with E-state index >= 15 is 0 Å². The van der Waals surface area contributed by atoms with Gasteiger partial charge in [-0.1, -0.05) is 54.1 Å². The lowest BCUT2D eigenvalue weighted by molar-refractivity contribution is -0.136. The first kappa shape index (κ1) is 18.9. The highest BCUT2D eigenvalue weighted by atomic mass is 32.2. The Labute approximate surface area is 147 Å². The number of carbonyl (C=O) groups is 1. The molecule has 2 N–H and O–H groups in total. The fourth-order valence-electron chi connectivity index (χ4n) is 2.36. The van der Waals surface area contributed by atoms with E-state index in [0.29, 0.717) is 5.56 Å². The lowest BCUT2D eigenvalue weighted by Gasteiger charge is -2.16. The fraction of sp³-hybridized carbons (Fsp3) is 0.211. The maximum absolute atomic E-state index is 13.0. The van der Waals surface area contributed by atoms with E-state index in [-0.39, 0.29) is 22.6 Å². The second kappa shape index (κ2) is 8.09. The van der Waals surface area contributed by atoms with E-state index in [1.54, 1.807) is 42.5 Å². The highest BCUT2D eigenvalue weighted by Gasteiger charge is 2.27. The van der Waals surface area contributed by atoms with Crippen LogP contribution in [0.15, 0.2) is 70.5 Å². The minimum atomic E-state index is -3.94. The SMILES string of the molecule is Cc1ccc(S(=O)(=O)/C(=C/CCC(=O)O)C(O)c2ccccc2)cc1. The lowest BCUT2D eigenvalue weighted by atomic mass is 10.1. The van der Waals surface area contributed by atoms with Crippen molar-refractivity contribution in [3.8, 4) is 0 Å². The zero-order valence-corrected chi connectivity index (χ0v) is 14.6. The van der Waals surface area contributed by atoms with Gasteiger partial charge in [-0.2, -0.15) is 0 Å². The number of hydrogen-bond donors (Lipinski definition) is 2. The summed E-state index contributed by atoms with van der Waals surface area (Å²) >= 11 is 0. The van der Waals surface area contributed by atoms with E-state index in [9.17, 15) is 18.3 Å². The number of allylic oxidation sites excluding steroid dienone is 1. The van der Waals surface area contributed by atoms with Crippen molar-refractivity contribution in [1.29, 1.82) is 0 Å². The van der Waals surface area contributed by atoms with E-state index < -0.39 is 21.9 Å². The zero-order valence-electron chi connectivity index (χ0n) is 13.8. The first-order chi connectivity index (χ1) is 11.8. The average Bonchev–Trinajstić information content (AvgIpc) is 2.59. The van der Waals surface area contributed by atoms with Crippen LogP contribution in [0, 0.1) is 6.92 Å². The van der Waals surface area contributed by atoms with Crippen molar-refractivity contribution in [2.75, 3.05) is 0 Å². The number of rotatable bonds is 7. The molecule has 0 saturated carbocycles. The number of carboxylic acid groups (broad SMARTS) is 1. The third-order valence-corrected chi connectivity index (χ3v) is 5.63. The van der Waals surface area contributed by atoms with Gasteiger partial charge in [0.25, 0.3) is 0 Å². The second-order valence-corrected chi connectivity index (χ2v) is 7.62. The molecule has 2 rings (SSSR count). The van der Waals surface area contributed by atoms with Crippen molar-refractivity contribution in [3.05, 3.63) is 76.7 Å². The van der Waals surface area contributed by atoms with Crippen LogP contribution in [0.3, 0.4) is 0 Å². The minimum absolute atomic E-state index is 0.0135. The van der Waals surface area contributed by atoms with E-state index in [0.717, 1.165) is 5.56 Å². The molecule has 0 aromatic heterocycles. The van der Waals surface area contributed by atoms with Crippen molar-refractivity contribution in [2.24, 2.45) is 0 Å². The van der Waals surface area contributed by atoms with Crippen LogP contribution in [0.2, 0.25) is 0 Å². The summed E-state index contributed by atoms with van der Waals surface area (Å²) in [6.07, 6.45) is -0.268. The van der Waals surface area contributed by atoms with Crippen LogP contribution in [0.5, 0.6) is 0 Å². The summed E-state index contributed by atoms with van der Waals surface area (Å²) in [4.78, 5) is 10.6. The van der Waals surface area contributed by atoms with E-state index in [1.165, 1.54) is 18.2 Å². The molecule has 0 heterocycles. The predicted octanol–water partition coefficient (Wildman–Crippen LogP) is 3.25. The molecule has 2 aromatic rings. The number of sulfone groups is 1. The van der Waals surface area contributed by atoms with Crippen LogP contribution in [0.1, 0.15) is 30.1 Å². The summed E-state index contributed by atoms with van der Waals surface area (Å²) in [5, 5.41) is 19.4. The maximum atomic E-state index is 13.0. The number of benzene rings is 2. The van der Waals surface area contributed by atoms with E-state index in [1.807, 2.05) is 6.92 Å². The van der Waals surface area contributed by atoms with Crippen molar-refractivity contribution < 1.29 is 23.4 Å². The molecule has 0 aliphatic rings. The van der Waals surface area contributed by atoms with E-state index in [4.69, 9.17) is 5.11 Å². The Balaban J connectivity index is 2.46. The van der Waals surface area contributed by atoms with Crippen LogP contribution in [-0.2, 0) is 14.6 Å². The minimum Gasteiger partial charge on any atom is -0.481 e. The van der Waals surface area contributed by atoms with Crippen molar-refractivity contribution in [1.82, 2.24) is 0 Å². The largest absolute Gasteiger partial charge is 0.481 e. The van der Waals surface area contributed by atoms with Crippen molar-refractivity contribution in [3.63, 3.8) is 0 Å².